The minimum absolute atomic E-state index is 0.202. The molecule has 3 nitrogen and oxygen atoms in total. The van der Waals surface area contributed by atoms with Crippen molar-refractivity contribution in [1.29, 1.82) is 0 Å². The fourth-order valence-corrected chi connectivity index (χ4v) is 3.38. The fourth-order valence-electron chi connectivity index (χ4n) is 2.68. The van der Waals surface area contributed by atoms with Crippen molar-refractivity contribution < 1.29 is 4.79 Å². The summed E-state index contributed by atoms with van der Waals surface area (Å²) in [4.78, 5) is 11.9. The van der Waals surface area contributed by atoms with Gasteiger partial charge in [0.25, 0.3) is 0 Å². The van der Waals surface area contributed by atoms with Gasteiger partial charge in [0.05, 0.1) is 0 Å². The van der Waals surface area contributed by atoms with E-state index in [2.05, 4.69) is 34.4 Å². The molecule has 0 bridgehead atoms. The number of hydrogen-bond acceptors (Lipinski definition) is 3. The molecule has 0 spiro atoms. The van der Waals surface area contributed by atoms with Crippen molar-refractivity contribution in [2.75, 3.05) is 19.6 Å². The van der Waals surface area contributed by atoms with E-state index in [0.717, 1.165) is 26.1 Å². The maximum Gasteiger partial charge on any atom is 0.220 e. The number of carbonyl (C=O) groups excluding carboxylic acids is 1. The summed E-state index contributed by atoms with van der Waals surface area (Å²) in [6.45, 7) is 5.17. The second-order valence-corrected chi connectivity index (χ2v) is 6.30. The summed E-state index contributed by atoms with van der Waals surface area (Å²) in [5.74, 6) is 1.35. The molecule has 1 aliphatic heterocycles. The second kappa shape index (κ2) is 7.65. The molecular weight excluding hydrogens is 256 g/mol. The molecule has 2 rings (SSSR count). The van der Waals surface area contributed by atoms with Gasteiger partial charge >= 0.3 is 0 Å². The summed E-state index contributed by atoms with van der Waals surface area (Å²) in [5, 5.41) is 10.7. The van der Waals surface area contributed by atoms with Gasteiger partial charge < -0.3 is 10.6 Å². The summed E-state index contributed by atoms with van der Waals surface area (Å²) in [6.07, 6.45) is 4.11. The molecule has 1 saturated heterocycles. The summed E-state index contributed by atoms with van der Waals surface area (Å²) < 4.78 is 0. The number of rotatable bonds is 6. The molecule has 1 aromatic rings. The molecule has 1 amide bonds. The van der Waals surface area contributed by atoms with E-state index in [1.54, 1.807) is 11.3 Å². The van der Waals surface area contributed by atoms with Crippen LogP contribution in [0.25, 0.3) is 0 Å². The standard InChI is InChI=1S/C15H24N2OS/c1-12(14-3-2-6-16-10-14)9-15(18)17-7-4-13-5-8-19-11-13/h5,8,11-12,14,16H,2-4,6-7,9-10H2,1H3,(H,17,18). The maximum absolute atomic E-state index is 11.9. The predicted molar refractivity (Wildman–Crippen MR) is 80.4 cm³/mol. The molecule has 2 atom stereocenters. The smallest absolute Gasteiger partial charge is 0.220 e. The highest BCUT2D eigenvalue weighted by Crippen LogP contribution is 2.22. The lowest BCUT2D eigenvalue weighted by atomic mass is 9.85. The van der Waals surface area contributed by atoms with Crippen molar-refractivity contribution in [1.82, 2.24) is 10.6 Å². The molecule has 2 heterocycles. The highest BCUT2D eigenvalue weighted by Gasteiger charge is 2.21. The number of amides is 1. The van der Waals surface area contributed by atoms with Crippen LogP contribution < -0.4 is 10.6 Å². The van der Waals surface area contributed by atoms with Gasteiger partial charge in [0.15, 0.2) is 0 Å². The van der Waals surface area contributed by atoms with Crippen LogP contribution >= 0.6 is 11.3 Å². The zero-order valence-corrected chi connectivity index (χ0v) is 12.5. The van der Waals surface area contributed by atoms with Gasteiger partial charge in [-0.3, -0.25) is 4.79 Å². The Hall–Kier alpha value is -0.870. The summed E-state index contributed by atoms with van der Waals surface area (Å²) in [5.41, 5.74) is 1.31. The highest BCUT2D eigenvalue weighted by molar-refractivity contribution is 7.07. The number of carbonyl (C=O) groups is 1. The monoisotopic (exact) mass is 280 g/mol. The minimum atomic E-state index is 0.202. The van der Waals surface area contributed by atoms with Gasteiger partial charge in [-0.25, -0.2) is 0 Å². The number of thiophene rings is 1. The Morgan fingerprint density at radius 2 is 2.53 bits per heavy atom. The Morgan fingerprint density at radius 3 is 3.21 bits per heavy atom. The molecule has 4 heteroatoms. The maximum atomic E-state index is 11.9. The topological polar surface area (TPSA) is 41.1 Å². The third kappa shape index (κ3) is 4.96. The van der Waals surface area contributed by atoms with E-state index in [4.69, 9.17) is 0 Å². The molecule has 2 N–H and O–H groups in total. The molecular formula is C15H24N2OS. The van der Waals surface area contributed by atoms with Crippen LogP contribution in [-0.4, -0.2) is 25.5 Å². The van der Waals surface area contributed by atoms with Crippen LogP contribution in [0.1, 0.15) is 31.7 Å². The Balaban J connectivity index is 1.63. The molecule has 1 aliphatic rings. The van der Waals surface area contributed by atoms with Crippen molar-refractivity contribution in [2.24, 2.45) is 11.8 Å². The first-order valence-electron chi connectivity index (χ1n) is 7.24. The third-order valence-electron chi connectivity index (χ3n) is 3.96. The fraction of sp³-hybridized carbons (Fsp3) is 0.667. The van der Waals surface area contributed by atoms with E-state index < -0.39 is 0 Å². The average Bonchev–Trinajstić information content (AvgIpc) is 2.93. The zero-order valence-electron chi connectivity index (χ0n) is 11.7. The molecule has 2 unspecified atom stereocenters. The van der Waals surface area contributed by atoms with Crippen molar-refractivity contribution in [3.8, 4) is 0 Å². The molecule has 1 fully saturated rings. The molecule has 0 aliphatic carbocycles. The Labute approximate surface area is 119 Å². The van der Waals surface area contributed by atoms with Gasteiger partial charge in [0.1, 0.15) is 0 Å². The molecule has 19 heavy (non-hydrogen) atoms. The van der Waals surface area contributed by atoms with Crippen molar-refractivity contribution in [3.05, 3.63) is 22.4 Å². The lowest BCUT2D eigenvalue weighted by Gasteiger charge is -2.28. The molecule has 1 aromatic heterocycles. The summed E-state index contributed by atoms with van der Waals surface area (Å²) in [7, 11) is 0. The lowest BCUT2D eigenvalue weighted by Crippen LogP contribution is -2.35. The second-order valence-electron chi connectivity index (χ2n) is 5.52. The van der Waals surface area contributed by atoms with E-state index in [0.29, 0.717) is 18.3 Å². The number of piperidine rings is 1. The van der Waals surface area contributed by atoms with Gasteiger partial charge in [-0.1, -0.05) is 6.92 Å². The van der Waals surface area contributed by atoms with Crippen LogP contribution in [0, 0.1) is 11.8 Å². The largest absolute Gasteiger partial charge is 0.356 e. The first kappa shape index (κ1) is 14.5. The highest BCUT2D eigenvalue weighted by atomic mass is 32.1. The van der Waals surface area contributed by atoms with Crippen molar-refractivity contribution in [3.63, 3.8) is 0 Å². The number of hydrogen-bond donors (Lipinski definition) is 2. The van der Waals surface area contributed by atoms with Crippen molar-refractivity contribution >= 4 is 17.2 Å². The van der Waals surface area contributed by atoms with Gasteiger partial charge in [-0.05, 0) is 66.6 Å². The SMILES string of the molecule is CC(CC(=O)NCCc1ccsc1)C1CCCNC1. The molecule has 106 valence electrons. The van der Waals surface area contributed by atoms with Crippen LogP contribution in [0.2, 0.25) is 0 Å². The number of nitrogens with one attached hydrogen (secondary N) is 2. The van der Waals surface area contributed by atoms with Crippen LogP contribution in [0.3, 0.4) is 0 Å². The van der Waals surface area contributed by atoms with Gasteiger partial charge in [-0.15, -0.1) is 0 Å². The zero-order chi connectivity index (χ0) is 13.5. The van der Waals surface area contributed by atoms with E-state index in [1.807, 2.05) is 0 Å². The van der Waals surface area contributed by atoms with E-state index in [-0.39, 0.29) is 5.91 Å². The Morgan fingerprint density at radius 1 is 1.63 bits per heavy atom. The van der Waals surface area contributed by atoms with Crippen LogP contribution in [0.5, 0.6) is 0 Å². The molecule has 0 saturated carbocycles. The van der Waals surface area contributed by atoms with Gasteiger partial charge in [0, 0.05) is 13.0 Å². The van der Waals surface area contributed by atoms with Crippen LogP contribution in [0.15, 0.2) is 16.8 Å². The first-order valence-corrected chi connectivity index (χ1v) is 8.18. The quantitative estimate of drug-likeness (QED) is 0.840. The molecule has 0 aromatic carbocycles. The first-order chi connectivity index (χ1) is 9.25. The van der Waals surface area contributed by atoms with Crippen LogP contribution in [0.4, 0.5) is 0 Å². The van der Waals surface area contributed by atoms with Gasteiger partial charge in [0.2, 0.25) is 5.91 Å². The van der Waals surface area contributed by atoms with E-state index >= 15 is 0 Å². The minimum Gasteiger partial charge on any atom is -0.356 e. The van der Waals surface area contributed by atoms with Crippen molar-refractivity contribution in [2.45, 2.75) is 32.6 Å². The van der Waals surface area contributed by atoms with Crippen LogP contribution in [-0.2, 0) is 11.2 Å². The van der Waals surface area contributed by atoms with E-state index in [9.17, 15) is 4.79 Å². The van der Waals surface area contributed by atoms with E-state index in [1.165, 1.54) is 18.4 Å². The Kier molecular flexibility index (Phi) is 5.86. The lowest BCUT2D eigenvalue weighted by molar-refractivity contribution is -0.122. The molecule has 0 radical (unpaired) electrons. The summed E-state index contributed by atoms with van der Waals surface area (Å²) in [6, 6.07) is 2.12. The third-order valence-corrected chi connectivity index (χ3v) is 4.70. The normalized spacial score (nSPS) is 21.0. The average molecular weight is 280 g/mol. The predicted octanol–water partition coefficient (Wildman–Crippen LogP) is 2.43. The Bertz CT molecular complexity index is 372. The summed E-state index contributed by atoms with van der Waals surface area (Å²) >= 11 is 1.71. The van der Waals surface area contributed by atoms with Gasteiger partial charge in [-0.2, -0.15) is 11.3 Å².